The number of alkyl halides is 3. The van der Waals surface area contributed by atoms with Crippen LogP contribution < -0.4 is 10.6 Å². The van der Waals surface area contributed by atoms with Crippen molar-refractivity contribution in [3.63, 3.8) is 0 Å². The smallest absolute Gasteiger partial charge is 0.332 e. The summed E-state index contributed by atoms with van der Waals surface area (Å²) < 4.78 is 38.3. The van der Waals surface area contributed by atoms with Gasteiger partial charge in [0.05, 0.1) is 16.3 Å². The number of hydrogen-bond donors (Lipinski definition) is 2. The summed E-state index contributed by atoms with van der Waals surface area (Å²) >= 11 is 11.1. The number of anilines is 2. The molecule has 2 rings (SSSR count). The molecule has 0 aliphatic carbocycles. The topological polar surface area (TPSA) is 24.1 Å². The van der Waals surface area contributed by atoms with Crippen molar-refractivity contribution in [3.8, 4) is 0 Å². The van der Waals surface area contributed by atoms with Crippen LogP contribution in [0.1, 0.15) is 16.7 Å². The van der Waals surface area contributed by atoms with Crippen LogP contribution in [-0.2, 0) is 6.18 Å². The molecule has 0 unspecified atom stereocenters. The normalized spacial score (nSPS) is 11.2. The Labute approximate surface area is 142 Å². The third kappa shape index (κ3) is 4.84. The van der Waals surface area contributed by atoms with Crippen molar-refractivity contribution in [2.45, 2.75) is 20.0 Å². The van der Waals surface area contributed by atoms with Gasteiger partial charge in [0.15, 0.2) is 5.11 Å². The van der Waals surface area contributed by atoms with Crippen molar-refractivity contribution >= 4 is 40.3 Å². The minimum absolute atomic E-state index is 0.100. The van der Waals surface area contributed by atoms with E-state index in [1.807, 2.05) is 32.0 Å². The van der Waals surface area contributed by atoms with Crippen LogP contribution in [0.15, 0.2) is 36.4 Å². The van der Waals surface area contributed by atoms with Crippen LogP contribution in [0, 0.1) is 13.8 Å². The van der Waals surface area contributed by atoms with E-state index in [9.17, 15) is 13.2 Å². The number of benzene rings is 2. The van der Waals surface area contributed by atoms with Crippen molar-refractivity contribution in [2.24, 2.45) is 0 Å². The molecule has 0 heterocycles. The van der Waals surface area contributed by atoms with Crippen LogP contribution in [0.4, 0.5) is 24.5 Å². The zero-order valence-corrected chi connectivity index (χ0v) is 14.0. The van der Waals surface area contributed by atoms with Gasteiger partial charge in [-0.1, -0.05) is 17.7 Å². The molecule has 122 valence electrons. The lowest BCUT2D eigenvalue weighted by molar-refractivity contribution is -0.137. The third-order valence-corrected chi connectivity index (χ3v) is 3.56. The number of nitrogens with one attached hydrogen (secondary N) is 2. The van der Waals surface area contributed by atoms with E-state index in [2.05, 4.69) is 10.6 Å². The Morgan fingerprint density at radius 2 is 1.61 bits per heavy atom. The van der Waals surface area contributed by atoms with Crippen LogP contribution in [0.2, 0.25) is 5.02 Å². The van der Waals surface area contributed by atoms with E-state index in [0.29, 0.717) is 0 Å². The number of thiocarbonyl (C=S) groups is 1. The van der Waals surface area contributed by atoms with E-state index in [4.69, 9.17) is 23.8 Å². The molecular weight excluding hydrogens is 345 g/mol. The fourth-order valence-corrected chi connectivity index (χ4v) is 2.52. The summed E-state index contributed by atoms with van der Waals surface area (Å²) in [5.74, 6) is 0. The minimum atomic E-state index is -4.44. The van der Waals surface area contributed by atoms with E-state index in [1.165, 1.54) is 6.07 Å². The lowest BCUT2D eigenvalue weighted by Gasteiger charge is -2.14. The van der Waals surface area contributed by atoms with E-state index in [-0.39, 0.29) is 15.8 Å². The van der Waals surface area contributed by atoms with Crippen molar-refractivity contribution in [1.29, 1.82) is 0 Å². The maximum atomic E-state index is 12.8. The largest absolute Gasteiger partial charge is 0.416 e. The summed E-state index contributed by atoms with van der Waals surface area (Å²) in [6, 6.07) is 8.81. The highest BCUT2D eigenvalue weighted by Gasteiger charge is 2.31. The molecule has 0 aliphatic heterocycles. The zero-order valence-electron chi connectivity index (χ0n) is 12.4. The van der Waals surface area contributed by atoms with Gasteiger partial charge in [0, 0.05) is 5.69 Å². The SMILES string of the molecule is Cc1cc(C)cc(NC(=S)Nc2cc(C(F)(F)F)ccc2Cl)c1. The van der Waals surface area contributed by atoms with Crippen LogP contribution in [0.25, 0.3) is 0 Å². The Morgan fingerprint density at radius 3 is 2.17 bits per heavy atom. The van der Waals surface area contributed by atoms with Gasteiger partial charge in [-0.2, -0.15) is 13.2 Å². The second-order valence-corrected chi connectivity index (χ2v) is 5.96. The van der Waals surface area contributed by atoms with Gasteiger partial charge in [-0.3, -0.25) is 0 Å². The Balaban J connectivity index is 2.17. The maximum absolute atomic E-state index is 12.8. The first-order chi connectivity index (χ1) is 10.6. The molecule has 0 bridgehead atoms. The Morgan fingerprint density at radius 1 is 1.00 bits per heavy atom. The average Bonchev–Trinajstić information content (AvgIpc) is 2.38. The molecule has 2 N–H and O–H groups in total. The van der Waals surface area contributed by atoms with Crippen molar-refractivity contribution in [1.82, 2.24) is 0 Å². The van der Waals surface area contributed by atoms with Crippen LogP contribution >= 0.6 is 23.8 Å². The molecule has 0 aromatic heterocycles. The van der Waals surface area contributed by atoms with Crippen molar-refractivity contribution in [3.05, 3.63) is 58.1 Å². The van der Waals surface area contributed by atoms with Gasteiger partial charge in [0.2, 0.25) is 0 Å². The van der Waals surface area contributed by atoms with E-state index in [0.717, 1.165) is 28.9 Å². The molecule has 2 aromatic carbocycles. The van der Waals surface area contributed by atoms with Crippen LogP contribution in [0.3, 0.4) is 0 Å². The highest BCUT2D eigenvalue weighted by atomic mass is 35.5. The first-order valence-corrected chi connectivity index (χ1v) is 7.47. The number of hydrogen-bond acceptors (Lipinski definition) is 1. The quantitative estimate of drug-likeness (QED) is 0.665. The van der Waals surface area contributed by atoms with E-state index < -0.39 is 11.7 Å². The van der Waals surface area contributed by atoms with Gasteiger partial charge >= 0.3 is 6.18 Å². The van der Waals surface area contributed by atoms with Crippen molar-refractivity contribution < 1.29 is 13.2 Å². The third-order valence-electron chi connectivity index (χ3n) is 3.02. The number of halogens is 4. The molecule has 0 spiro atoms. The Bertz CT molecular complexity index is 724. The van der Waals surface area contributed by atoms with Gasteiger partial charge in [-0.15, -0.1) is 0 Å². The lowest BCUT2D eigenvalue weighted by atomic mass is 10.1. The summed E-state index contributed by atoms with van der Waals surface area (Å²) in [6.45, 7) is 3.89. The number of rotatable bonds is 2. The molecule has 0 atom stereocenters. The predicted octanol–water partition coefficient (Wildman–Crippen LogP) is 5.78. The van der Waals surface area contributed by atoms with Crippen LogP contribution in [-0.4, -0.2) is 5.11 Å². The molecule has 7 heteroatoms. The number of aryl methyl sites for hydroxylation is 2. The fraction of sp³-hybridized carbons (Fsp3) is 0.188. The first kappa shape index (κ1) is 17.6. The Kier molecular flexibility index (Phi) is 5.16. The molecule has 0 amide bonds. The van der Waals surface area contributed by atoms with Gasteiger partial charge in [0.1, 0.15) is 0 Å². The summed E-state index contributed by atoms with van der Waals surface area (Å²) in [4.78, 5) is 0. The highest BCUT2D eigenvalue weighted by Crippen LogP contribution is 2.33. The van der Waals surface area contributed by atoms with Crippen LogP contribution in [0.5, 0.6) is 0 Å². The molecule has 0 fully saturated rings. The molecule has 0 saturated carbocycles. The molecule has 23 heavy (non-hydrogen) atoms. The summed E-state index contributed by atoms with van der Waals surface area (Å²) in [6.07, 6.45) is -4.44. The zero-order chi connectivity index (χ0) is 17.2. The van der Waals surface area contributed by atoms with Gasteiger partial charge < -0.3 is 10.6 Å². The van der Waals surface area contributed by atoms with Crippen molar-refractivity contribution in [2.75, 3.05) is 10.6 Å². The molecule has 2 nitrogen and oxygen atoms in total. The monoisotopic (exact) mass is 358 g/mol. The van der Waals surface area contributed by atoms with Gasteiger partial charge in [-0.25, -0.2) is 0 Å². The summed E-state index contributed by atoms with van der Waals surface area (Å²) in [7, 11) is 0. The molecular formula is C16H14ClF3N2S. The fourth-order valence-electron chi connectivity index (χ4n) is 2.13. The summed E-state index contributed by atoms with van der Waals surface area (Å²) in [5.41, 5.74) is 2.16. The Hall–Kier alpha value is -1.79. The minimum Gasteiger partial charge on any atom is -0.332 e. The second-order valence-electron chi connectivity index (χ2n) is 5.15. The molecule has 0 aliphatic rings. The first-order valence-electron chi connectivity index (χ1n) is 6.68. The lowest BCUT2D eigenvalue weighted by Crippen LogP contribution is -2.20. The highest BCUT2D eigenvalue weighted by molar-refractivity contribution is 7.80. The molecule has 2 aromatic rings. The maximum Gasteiger partial charge on any atom is 0.416 e. The van der Waals surface area contributed by atoms with E-state index in [1.54, 1.807) is 0 Å². The second kappa shape index (κ2) is 6.76. The molecule has 0 saturated heterocycles. The standard InChI is InChI=1S/C16H14ClF3N2S/c1-9-5-10(2)7-12(6-9)21-15(23)22-14-8-11(16(18,19)20)3-4-13(14)17/h3-8H,1-2H3,(H2,21,22,23). The van der Waals surface area contributed by atoms with E-state index >= 15 is 0 Å². The predicted molar refractivity (Wildman–Crippen MR) is 92.2 cm³/mol. The summed E-state index contributed by atoms with van der Waals surface area (Å²) in [5, 5.41) is 5.95. The molecule has 0 radical (unpaired) electrons. The average molecular weight is 359 g/mol. The van der Waals surface area contributed by atoms with Gasteiger partial charge in [-0.05, 0) is 67.5 Å². The van der Waals surface area contributed by atoms with Gasteiger partial charge in [0.25, 0.3) is 0 Å².